The molecule has 3 aromatic rings. The topological polar surface area (TPSA) is 72.0 Å². The number of hydrogen-bond acceptors (Lipinski definition) is 4. The van der Waals surface area contributed by atoms with E-state index >= 15 is 0 Å². The van der Waals surface area contributed by atoms with Crippen LogP contribution in [0.5, 0.6) is 0 Å². The number of unbranched alkanes of at least 4 members (excludes halogenated alkanes) is 3. The molecular formula is C19H23N3O. The van der Waals surface area contributed by atoms with E-state index in [0.29, 0.717) is 5.82 Å². The molecule has 0 spiro atoms. The lowest BCUT2D eigenvalue weighted by molar-refractivity contribution is 0.282. The van der Waals surface area contributed by atoms with Crippen molar-refractivity contribution in [1.82, 2.24) is 9.97 Å². The maximum absolute atomic E-state index is 8.87. The molecule has 0 aliphatic rings. The summed E-state index contributed by atoms with van der Waals surface area (Å²) in [7, 11) is 0. The molecule has 0 fully saturated rings. The number of nitrogens with zero attached hydrogens (tertiary/aromatic N) is 2. The second kappa shape index (κ2) is 6.92. The lowest BCUT2D eigenvalue weighted by Gasteiger charge is -2.11. The van der Waals surface area contributed by atoms with Gasteiger partial charge in [-0.05, 0) is 49.4 Å². The van der Waals surface area contributed by atoms with E-state index < -0.39 is 0 Å². The first-order chi connectivity index (χ1) is 11.2. The summed E-state index contributed by atoms with van der Waals surface area (Å²) in [6, 6.07) is 8.39. The van der Waals surface area contributed by atoms with E-state index in [9.17, 15) is 0 Å². The van der Waals surface area contributed by atoms with E-state index in [2.05, 4.69) is 41.2 Å². The second-order valence-electron chi connectivity index (χ2n) is 6.10. The van der Waals surface area contributed by atoms with Gasteiger partial charge in [0.25, 0.3) is 0 Å². The Hall–Kier alpha value is -2.20. The summed E-state index contributed by atoms with van der Waals surface area (Å²) >= 11 is 0. The van der Waals surface area contributed by atoms with E-state index in [4.69, 9.17) is 10.8 Å². The molecule has 0 atom stereocenters. The normalized spacial score (nSPS) is 11.4. The van der Waals surface area contributed by atoms with Gasteiger partial charge in [-0.25, -0.2) is 4.98 Å². The molecule has 0 saturated heterocycles. The summed E-state index contributed by atoms with van der Waals surface area (Å²) in [6.45, 7) is 2.34. The van der Waals surface area contributed by atoms with Crippen LogP contribution in [0.4, 0.5) is 5.82 Å². The van der Waals surface area contributed by atoms with Gasteiger partial charge < -0.3 is 10.8 Å². The molecule has 0 saturated carbocycles. The number of hydrogen-bond donors (Lipinski definition) is 2. The lowest BCUT2D eigenvalue weighted by atomic mass is 9.99. The Morgan fingerprint density at radius 1 is 1.09 bits per heavy atom. The number of aromatic nitrogens is 2. The average Bonchev–Trinajstić information content (AvgIpc) is 2.54. The minimum absolute atomic E-state index is 0.282. The molecule has 4 nitrogen and oxygen atoms in total. The van der Waals surface area contributed by atoms with Crippen molar-refractivity contribution < 1.29 is 5.11 Å². The molecular weight excluding hydrogens is 286 g/mol. The molecule has 0 aliphatic heterocycles. The molecule has 0 amide bonds. The zero-order chi connectivity index (χ0) is 16.2. The highest BCUT2D eigenvalue weighted by Crippen LogP contribution is 2.30. The first kappa shape index (κ1) is 15.7. The van der Waals surface area contributed by atoms with Gasteiger partial charge in [0, 0.05) is 23.6 Å². The maximum Gasteiger partial charge on any atom is 0.150 e. The monoisotopic (exact) mass is 309 g/mol. The zero-order valence-electron chi connectivity index (χ0n) is 13.5. The van der Waals surface area contributed by atoms with Gasteiger partial charge in [-0.3, -0.25) is 4.98 Å². The quantitative estimate of drug-likeness (QED) is 0.537. The van der Waals surface area contributed by atoms with Crippen LogP contribution in [-0.2, 0) is 6.42 Å². The number of nitrogen functional groups attached to an aromatic ring is 1. The third-order valence-electron chi connectivity index (χ3n) is 4.30. The standard InChI is InChI=1S/C19H23N3O/c1-13-7-8-15-16(12-13)22-19(20)18-17(15)14(9-10-21-18)6-4-2-3-5-11-23/h7-10,12,23H,2-6,11H2,1H3,(H2,20,22). The number of aliphatic hydroxyl groups is 1. The summed E-state index contributed by atoms with van der Waals surface area (Å²) < 4.78 is 0. The van der Waals surface area contributed by atoms with Crippen LogP contribution >= 0.6 is 0 Å². The van der Waals surface area contributed by atoms with Gasteiger partial charge in [-0.1, -0.05) is 25.0 Å². The van der Waals surface area contributed by atoms with Crippen molar-refractivity contribution in [3.63, 3.8) is 0 Å². The van der Waals surface area contributed by atoms with Crippen molar-refractivity contribution in [2.75, 3.05) is 12.3 Å². The Morgan fingerprint density at radius 2 is 1.91 bits per heavy atom. The summed E-state index contributed by atoms with van der Waals surface area (Å²) in [6.07, 6.45) is 7.01. The number of rotatable bonds is 6. The fraction of sp³-hybridized carbons (Fsp3) is 0.368. The van der Waals surface area contributed by atoms with Crippen LogP contribution in [0.2, 0.25) is 0 Å². The molecule has 0 unspecified atom stereocenters. The van der Waals surface area contributed by atoms with Gasteiger partial charge in [0.2, 0.25) is 0 Å². The van der Waals surface area contributed by atoms with E-state index in [0.717, 1.165) is 53.9 Å². The maximum atomic E-state index is 8.87. The van der Waals surface area contributed by atoms with Crippen LogP contribution < -0.4 is 5.73 Å². The van der Waals surface area contributed by atoms with Gasteiger partial charge >= 0.3 is 0 Å². The third-order valence-corrected chi connectivity index (χ3v) is 4.30. The first-order valence-corrected chi connectivity index (χ1v) is 8.25. The Labute approximate surface area is 136 Å². The van der Waals surface area contributed by atoms with E-state index in [1.807, 2.05) is 6.20 Å². The zero-order valence-corrected chi connectivity index (χ0v) is 13.5. The minimum atomic E-state index is 0.282. The SMILES string of the molecule is Cc1ccc2c(c1)nc(N)c1nccc(CCCCCCO)c12. The number of aliphatic hydroxyl groups excluding tert-OH is 1. The van der Waals surface area contributed by atoms with Gasteiger partial charge in [0.05, 0.1) is 5.52 Å². The predicted molar refractivity (Wildman–Crippen MR) is 95.5 cm³/mol. The predicted octanol–water partition coefficient (Wildman–Crippen LogP) is 3.77. The number of aryl methyl sites for hydroxylation is 2. The molecule has 120 valence electrons. The fourth-order valence-corrected chi connectivity index (χ4v) is 3.11. The Kier molecular flexibility index (Phi) is 4.72. The smallest absolute Gasteiger partial charge is 0.150 e. The first-order valence-electron chi connectivity index (χ1n) is 8.25. The molecule has 3 N–H and O–H groups in total. The summed E-state index contributed by atoms with van der Waals surface area (Å²) in [4.78, 5) is 8.97. The van der Waals surface area contributed by atoms with Gasteiger partial charge in [-0.2, -0.15) is 0 Å². The molecule has 0 aliphatic carbocycles. The Balaban J connectivity index is 2.02. The number of pyridine rings is 2. The molecule has 2 heterocycles. The van der Waals surface area contributed by atoms with Crippen LogP contribution in [0, 0.1) is 6.92 Å². The highest BCUT2D eigenvalue weighted by molar-refractivity contribution is 6.09. The highest BCUT2D eigenvalue weighted by atomic mass is 16.2. The fourth-order valence-electron chi connectivity index (χ4n) is 3.11. The average molecular weight is 309 g/mol. The Bertz CT molecular complexity index is 830. The highest BCUT2D eigenvalue weighted by Gasteiger charge is 2.11. The van der Waals surface area contributed by atoms with Crippen molar-refractivity contribution in [2.24, 2.45) is 0 Å². The van der Waals surface area contributed by atoms with Crippen molar-refractivity contribution in [1.29, 1.82) is 0 Å². The number of anilines is 1. The number of fused-ring (bicyclic) bond motifs is 3. The van der Waals surface area contributed by atoms with Crippen LogP contribution in [0.15, 0.2) is 30.5 Å². The molecule has 0 radical (unpaired) electrons. The van der Waals surface area contributed by atoms with E-state index in [1.165, 1.54) is 11.1 Å². The Morgan fingerprint density at radius 3 is 2.74 bits per heavy atom. The van der Waals surface area contributed by atoms with Crippen LogP contribution in [-0.4, -0.2) is 21.7 Å². The number of benzene rings is 1. The van der Waals surface area contributed by atoms with Gasteiger partial charge in [0.1, 0.15) is 5.52 Å². The molecule has 1 aromatic carbocycles. The van der Waals surface area contributed by atoms with Gasteiger partial charge in [-0.15, -0.1) is 0 Å². The largest absolute Gasteiger partial charge is 0.396 e. The molecule has 3 rings (SSSR count). The second-order valence-corrected chi connectivity index (χ2v) is 6.10. The van der Waals surface area contributed by atoms with Crippen molar-refractivity contribution >= 4 is 27.6 Å². The van der Waals surface area contributed by atoms with E-state index in [-0.39, 0.29) is 6.61 Å². The molecule has 0 bridgehead atoms. The summed E-state index contributed by atoms with van der Waals surface area (Å²) in [5, 5.41) is 11.1. The molecule has 23 heavy (non-hydrogen) atoms. The van der Waals surface area contributed by atoms with Gasteiger partial charge in [0.15, 0.2) is 5.82 Å². The van der Waals surface area contributed by atoms with Crippen molar-refractivity contribution in [3.05, 3.63) is 41.6 Å². The minimum Gasteiger partial charge on any atom is -0.396 e. The molecule has 2 aromatic heterocycles. The van der Waals surface area contributed by atoms with Crippen molar-refractivity contribution in [2.45, 2.75) is 39.0 Å². The number of nitrogens with two attached hydrogens (primary N) is 1. The summed E-state index contributed by atoms with van der Waals surface area (Å²) in [5.41, 5.74) is 10.3. The van der Waals surface area contributed by atoms with Crippen LogP contribution in [0.25, 0.3) is 21.8 Å². The third kappa shape index (κ3) is 3.27. The summed E-state index contributed by atoms with van der Waals surface area (Å²) in [5.74, 6) is 0.500. The van der Waals surface area contributed by atoms with E-state index in [1.54, 1.807) is 0 Å². The van der Waals surface area contributed by atoms with Crippen molar-refractivity contribution in [3.8, 4) is 0 Å². The van der Waals surface area contributed by atoms with Crippen LogP contribution in [0.1, 0.15) is 36.8 Å². The van der Waals surface area contributed by atoms with Crippen LogP contribution in [0.3, 0.4) is 0 Å². The molecule has 4 heteroatoms. The lowest BCUT2D eigenvalue weighted by Crippen LogP contribution is -1.99.